The zero-order valence-corrected chi connectivity index (χ0v) is 13.4. The summed E-state index contributed by atoms with van der Waals surface area (Å²) in [6.07, 6.45) is 3.17. The Morgan fingerprint density at radius 1 is 1.41 bits per heavy atom. The summed E-state index contributed by atoms with van der Waals surface area (Å²) in [4.78, 5) is 13.0. The standard InChI is InChI=1S/C15H20N4O2S/c1-11(18-15(20)19-13-9-16-17-10-13)12-3-5-14(6-4-12)22-8-7-21-2/h3-6,9-11H,7-8H2,1-2H3,(H,16,17)(H2,18,19,20)/t11-/m0/s1. The Hall–Kier alpha value is -1.99. The van der Waals surface area contributed by atoms with Gasteiger partial charge in [-0.1, -0.05) is 12.1 Å². The van der Waals surface area contributed by atoms with Gasteiger partial charge in [-0.25, -0.2) is 4.79 Å². The highest BCUT2D eigenvalue weighted by molar-refractivity contribution is 7.99. The van der Waals surface area contributed by atoms with E-state index in [1.165, 1.54) is 4.90 Å². The first-order valence-electron chi connectivity index (χ1n) is 6.97. The van der Waals surface area contributed by atoms with Crippen molar-refractivity contribution < 1.29 is 9.53 Å². The molecule has 0 radical (unpaired) electrons. The fraction of sp³-hybridized carbons (Fsp3) is 0.333. The number of methoxy groups -OCH3 is 1. The molecule has 2 aromatic rings. The zero-order valence-electron chi connectivity index (χ0n) is 12.6. The number of aromatic nitrogens is 2. The molecule has 7 heteroatoms. The quantitative estimate of drug-likeness (QED) is 0.541. The van der Waals surface area contributed by atoms with E-state index in [9.17, 15) is 4.79 Å². The summed E-state index contributed by atoms with van der Waals surface area (Å²) in [7, 11) is 1.70. The van der Waals surface area contributed by atoms with Crippen LogP contribution in [0.4, 0.5) is 10.5 Å². The third-order valence-corrected chi connectivity index (χ3v) is 4.02. The van der Waals surface area contributed by atoms with Crippen LogP contribution in [0.15, 0.2) is 41.6 Å². The van der Waals surface area contributed by atoms with E-state index in [1.807, 2.05) is 19.1 Å². The minimum atomic E-state index is -0.257. The normalized spacial score (nSPS) is 11.9. The number of H-pyrrole nitrogens is 1. The molecule has 1 atom stereocenters. The highest BCUT2D eigenvalue weighted by atomic mass is 32.2. The Bertz CT molecular complexity index is 572. The molecule has 0 aliphatic rings. The summed E-state index contributed by atoms with van der Waals surface area (Å²) >= 11 is 1.75. The van der Waals surface area contributed by atoms with Crippen LogP contribution in [0.2, 0.25) is 0 Å². The molecule has 2 amide bonds. The van der Waals surface area contributed by atoms with Crippen molar-refractivity contribution in [3.05, 3.63) is 42.2 Å². The molecule has 1 heterocycles. The second-order valence-corrected chi connectivity index (χ2v) is 5.89. The van der Waals surface area contributed by atoms with E-state index in [0.29, 0.717) is 5.69 Å². The van der Waals surface area contributed by atoms with Crippen LogP contribution in [0, 0.1) is 0 Å². The van der Waals surface area contributed by atoms with Gasteiger partial charge in [0.2, 0.25) is 0 Å². The number of urea groups is 1. The molecule has 3 N–H and O–H groups in total. The van der Waals surface area contributed by atoms with Crippen molar-refractivity contribution in [3.8, 4) is 0 Å². The average molecular weight is 320 g/mol. The van der Waals surface area contributed by atoms with Gasteiger partial charge in [-0.3, -0.25) is 5.10 Å². The van der Waals surface area contributed by atoms with E-state index < -0.39 is 0 Å². The van der Waals surface area contributed by atoms with Gasteiger partial charge in [0, 0.05) is 24.0 Å². The van der Waals surface area contributed by atoms with Crippen molar-refractivity contribution in [2.24, 2.45) is 0 Å². The van der Waals surface area contributed by atoms with E-state index in [4.69, 9.17) is 4.74 Å². The summed E-state index contributed by atoms with van der Waals surface area (Å²) in [5.74, 6) is 0.927. The molecule has 22 heavy (non-hydrogen) atoms. The van der Waals surface area contributed by atoms with Gasteiger partial charge in [-0.15, -0.1) is 11.8 Å². The van der Waals surface area contributed by atoms with Gasteiger partial charge < -0.3 is 15.4 Å². The van der Waals surface area contributed by atoms with Crippen LogP contribution < -0.4 is 10.6 Å². The molecule has 0 spiro atoms. The largest absolute Gasteiger partial charge is 0.384 e. The number of benzene rings is 1. The molecule has 118 valence electrons. The van der Waals surface area contributed by atoms with Crippen LogP contribution in [-0.4, -0.2) is 35.7 Å². The summed E-state index contributed by atoms with van der Waals surface area (Å²) in [6.45, 7) is 2.68. The van der Waals surface area contributed by atoms with Crippen LogP contribution in [0.1, 0.15) is 18.5 Å². The number of aromatic amines is 1. The minimum absolute atomic E-state index is 0.0788. The van der Waals surface area contributed by atoms with Crippen molar-refractivity contribution in [3.63, 3.8) is 0 Å². The Morgan fingerprint density at radius 3 is 2.82 bits per heavy atom. The topological polar surface area (TPSA) is 79.0 Å². The molecule has 0 saturated carbocycles. The van der Waals surface area contributed by atoms with Crippen molar-refractivity contribution in [1.82, 2.24) is 15.5 Å². The molecule has 1 aromatic carbocycles. The fourth-order valence-electron chi connectivity index (χ4n) is 1.86. The smallest absolute Gasteiger partial charge is 0.319 e. The van der Waals surface area contributed by atoms with Gasteiger partial charge in [0.15, 0.2) is 0 Å². The van der Waals surface area contributed by atoms with E-state index in [0.717, 1.165) is 17.9 Å². The van der Waals surface area contributed by atoms with E-state index in [2.05, 4.69) is 33.0 Å². The lowest BCUT2D eigenvalue weighted by Gasteiger charge is -2.15. The molecule has 0 aliphatic carbocycles. The number of amides is 2. The lowest BCUT2D eigenvalue weighted by Crippen LogP contribution is -2.31. The van der Waals surface area contributed by atoms with Gasteiger partial charge in [-0.05, 0) is 24.6 Å². The predicted octanol–water partition coefficient (Wildman–Crippen LogP) is 3.03. The average Bonchev–Trinajstić information content (AvgIpc) is 3.01. The number of carbonyl (C=O) groups is 1. The molecule has 2 rings (SSSR count). The van der Waals surface area contributed by atoms with Gasteiger partial charge in [0.05, 0.1) is 24.5 Å². The van der Waals surface area contributed by atoms with Crippen LogP contribution in [-0.2, 0) is 4.74 Å². The lowest BCUT2D eigenvalue weighted by molar-refractivity contribution is 0.218. The second kappa shape index (κ2) is 8.45. The molecule has 0 saturated heterocycles. The maximum Gasteiger partial charge on any atom is 0.319 e. The maximum absolute atomic E-state index is 11.9. The summed E-state index contributed by atoms with van der Waals surface area (Å²) in [5, 5.41) is 12.0. The van der Waals surface area contributed by atoms with Crippen LogP contribution in [0.25, 0.3) is 0 Å². The van der Waals surface area contributed by atoms with Gasteiger partial charge in [0.25, 0.3) is 0 Å². The number of carbonyl (C=O) groups excluding carboxylic acids is 1. The number of thioether (sulfide) groups is 1. The fourth-order valence-corrected chi connectivity index (χ4v) is 2.68. The molecule has 0 fully saturated rings. The first-order chi connectivity index (χ1) is 10.7. The molecule has 6 nitrogen and oxygen atoms in total. The van der Waals surface area contributed by atoms with Gasteiger partial charge >= 0.3 is 6.03 Å². The monoisotopic (exact) mass is 320 g/mol. The van der Waals surface area contributed by atoms with E-state index in [1.54, 1.807) is 31.3 Å². The molecule has 0 unspecified atom stereocenters. The third kappa shape index (κ3) is 5.09. The third-order valence-electron chi connectivity index (χ3n) is 3.04. The Kier molecular flexibility index (Phi) is 6.29. The summed E-state index contributed by atoms with van der Waals surface area (Å²) in [6, 6.07) is 7.83. The lowest BCUT2D eigenvalue weighted by atomic mass is 10.1. The second-order valence-electron chi connectivity index (χ2n) is 4.72. The number of nitrogens with zero attached hydrogens (tertiary/aromatic N) is 1. The Balaban J connectivity index is 1.83. The summed E-state index contributed by atoms with van der Waals surface area (Å²) in [5.41, 5.74) is 1.69. The van der Waals surface area contributed by atoms with Crippen LogP contribution >= 0.6 is 11.8 Å². The highest BCUT2D eigenvalue weighted by Crippen LogP contribution is 2.21. The molecular weight excluding hydrogens is 300 g/mol. The van der Waals surface area contributed by atoms with Gasteiger partial charge in [-0.2, -0.15) is 5.10 Å². The summed E-state index contributed by atoms with van der Waals surface area (Å²) < 4.78 is 5.03. The number of anilines is 1. The Morgan fingerprint density at radius 2 is 2.18 bits per heavy atom. The number of hydrogen-bond acceptors (Lipinski definition) is 4. The molecule has 0 aliphatic heterocycles. The molecular formula is C15H20N4O2S. The van der Waals surface area contributed by atoms with Crippen molar-refractivity contribution in [2.75, 3.05) is 24.8 Å². The number of nitrogens with one attached hydrogen (secondary N) is 3. The van der Waals surface area contributed by atoms with Crippen molar-refractivity contribution in [2.45, 2.75) is 17.9 Å². The van der Waals surface area contributed by atoms with Crippen molar-refractivity contribution in [1.29, 1.82) is 0 Å². The number of ether oxygens (including phenoxy) is 1. The SMILES string of the molecule is COCCSc1ccc([C@H](C)NC(=O)Nc2cn[nH]c2)cc1. The minimum Gasteiger partial charge on any atom is -0.384 e. The zero-order chi connectivity index (χ0) is 15.8. The molecule has 1 aromatic heterocycles. The first-order valence-corrected chi connectivity index (χ1v) is 7.95. The number of rotatable bonds is 7. The number of hydrogen-bond donors (Lipinski definition) is 3. The van der Waals surface area contributed by atoms with E-state index in [-0.39, 0.29) is 12.1 Å². The van der Waals surface area contributed by atoms with Gasteiger partial charge in [0.1, 0.15) is 0 Å². The predicted molar refractivity (Wildman–Crippen MR) is 88.2 cm³/mol. The van der Waals surface area contributed by atoms with E-state index >= 15 is 0 Å². The highest BCUT2D eigenvalue weighted by Gasteiger charge is 2.10. The van der Waals surface area contributed by atoms with Crippen LogP contribution in [0.3, 0.4) is 0 Å². The maximum atomic E-state index is 11.9. The Labute approximate surface area is 134 Å². The van der Waals surface area contributed by atoms with Crippen LogP contribution in [0.5, 0.6) is 0 Å². The van der Waals surface area contributed by atoms with Crippen molar-refractivity contribution >= 4 is 23.5 Å². The molecule has 0 bridgehead atoms. The first kappa shape index (κ1) is 16.4.